The molecule has 5 atom stereocenters. The number of hydrogen-bond acceptors (Lipinski definition) is 7. The largest absolute Gasteiger partial charge is 0.374 e. The van der Waals surface area contributed by atoms with Crippen molar-refractivity contribution < 1.29 is 33.2 Å². The van der Waals surface area contributed by atoms with Crippen molar-refractivity contribution in [3.8, 4) is 0 Å². The summed E-state index contributed by atoms with van der Waals surface area (Å²) in [4.78, 5) is 0. The summed E-state index contributed by atoms with van der Waals surface area (Å²) < 4.78 is 47.4. The molecule has 6 aromatic rings. The van der Waals surface area contributed by atoms with Gasteiger partial charge in [-0.15, -0.1) is 0 Å². The highest BCUT2D eigenvalue weighted by molar-refractivity contribution is 6.31. The summed E-state index contributed by atoms with van der Waals surface area (Å²) in [5, 5.41) is 0.633. The minimum atomic E-state index is -0.655. The van der Waals surface area contributed by atoms with Gasteiger partial charge in [-0.1, -0.05) is 170 Å². The van der Waals surface area contributed by atoms with Gasteiger partial charge >= 0.3 is 0 Å². The second-order valence-corrected chi connectivity index (χ2v) is 15.8. The Labute approximate surface area is 359 Å². The molecule has 5 unspecified atom stereocenters. The molecule has 0 aliphatic carbocycles. The maximum Gasteiger partial charge on any atom is 0.184 e. The van der Waals surface area contributed by atoms with E-state index >= 15 is 0 Å². The molecule has 2 fully saturated rings. The lowest BCUT2D eigenvalue weighted by molar-refractivity contribution is -0.275. The molecule has 310 valence electrons. The quantitative estimate of drug-likeness (QED) is 0.0855. The van der Waals surface area contributed by atoms with Crippen molar-refractivity contribution >= 4 is 11.6 Å². The van der Waals surface area contributed by atoms with E-state index < -0.39 is 36.8 Å². The van der Waals surface area contributed by atoms with Crippen LogP contribution in [-0.4, -0.2) is 44.2 Å². The molecule has 6 aromatic carbocycles. The summed E-state index contributed by atoms with van der Waals surface area (Å²) in [6.45, 7) is 4.79. The zero-order valence-electron chi connectivity index (χ0n) is 34.1. The van der Waals surface area contributed by atoms with E-state index in [-0.39, 0.29) is 6.61 Å². The van der Waals surface area contributed by atoms with Crippen molar-refractivity contribution in [2.75, 3.05) is 19.8 Å². The van der Waals surface area contributed by atoms with Crippen molar-refractivity contribution in [3.05, 3.63) is 213 Å². The summed E-state index contributed by atoms with van der Waals surface area (Å²) in [7, 11) is 0. The Balaban J connectivity index is 1.22. The first-order valence-corrected chi connectivity index (χ1v) is 21.4. The van der Waals surface area contributed by atoms with Crippen LogP contribution in [0.25, 0.3) is 0 Å². The van der Waals surface area contributed by atoms with Crippen molar-refractivity contribution in [2.45, 2.75) is 83.0 Å². The smallest absolute Gasteiger partial charge is 0.184 e. The lowest BCUT2D eigenvalue weighted by Crippen LogP contribution is -2.58. The van der Waals surface area contributed by atoms with Gasteiger partial charge in [-0.25, -0.2) is 0 Å². The van der Waals surface area contributed by atoms with E-state index in [1.54, 1.807) is 0 Å². The molecule has 0 aromatic heterocycles. The molecule has 0 radical (unpaired) electrons. The van der Waals surface area contributed by atoms with Gasteiger partial charge in [0.25, 0.3) is 0 Å². The molecule has 0 N–H and O–H groups in total. The van der Waals surface area contributed by atoms with E-state index in [0.717, 1.165) is 50.9 Å². The minimum absolute atomic E-state index is 0.247. The fourth-order valence-electron chi connectivity index (χ4n) is 7.93. The van der Waals surface area contributed by atoms with Crippen LogP contribution in [0.3, 0.4) is 0 Å². The lowest BCUT2D eigenvalue weighted by Gasteiger charge is -2.47. The van der Waals surface area contributed by atoms with Gasteiger partial charge in [-0.05, 0) is 63.4 Å². The van der Waals surface area contributed by atoms with Crippen LogP contribution in [0.1, 0.15) is 69.4 Å². The Morgan fingerprint density at radius 3 is 1.53 bits per heavy atom. The van der Waals surface area contributed by atoms with E-state index in [1.165, 1.54) is 5.56 Å². The highest BCUT2D eigenvalue weighted by Crippen LogP contribution is 2.44. The Bertz CT molecular complexity index is 2180. The molecule has 0 amide bonds. The maximum atomic E-state index is 7.36. The van der Waals surface area contributed by atoms with Crippen LogP contribution < -0.4 is 0 Å². The van der Waals surface area contributed by atoms with Crippen molar-refractivity contribution in [2.24, 2.45) is 0 Å². The Hall–Kier alpha value is -4.67. The van der Waals surface area contributed by atoms with Gasteiger partial charge in [0.1, 0.15) is 30.5 Å². The van der Waals surface area contributed by atoms with Crippen LogP contribution in [0.4, 0.5) is 0 Å². The van der Waals surface area contributed by atoms with Gasteiger partial charge in [-0.3, -0.25) is 0 Å². The van der Waals surface area contributed by atoms with E-state index in [9.17, 15) is 0 Å². The van der Waals surface area contributed by atoms with Gasteiger partial charge in [0.05, 0.1) is 46.2 Å². The molecule has 8 heteroatoms. The van der Waals surface area contributed by atoms with Crippen molar-refractivity contribution in [1.82, 2.24) is 0 Å². The van der Waals surface area contributed by atoms with Crippen LogP contribution in [0.15, 0.2) is 158 Å². The summed E-state index contributed by atoms with van der Waals surface area (Å²) in [5.74, 6) is 0. The molecule has 2 saturated heterocycles. The van der Waals surface area contributed by atoms with Crippen LogP contribution in [-0.2, 0) is 72.4 Å². The fraction of sp³-hybridized carbons (Fsp3) is 0.308. The minimum Gasteiger partial charge on any atom is -0.374 e. The highest BCUT2D eigenvalue weighted by atomic mass is 35.5. The number of benzene rings is 6. The molecular weight excluding hydrogens is 772 g/mol. The Morgan fingerprint density at radius 2 is 1.00 bits per heavy atom. The van der Waals surface area contributed by atoms with Crippen LogP contribution >= 0.6 is 11.6 Å². The molecule has 7 nitrogen and oxygen atoms in total. The fourth-order valence-corrected chi connectivity index (χ4v) is 8.17. The van der Waals surface area contributed by atoms with Gasteiger partial charge in [-0.2, -0.15) is 0 Å². The number of rotatable bonds is 18. The molecule has 0 saturated carbocycles. The van der Waals surface area contributed by atoms with Crippen molar-refractivity contribution in [3.63, 3.8) is 0 Å². The van der Waals surface area contributed by atoms with E-state index in [2.05, 4.69) is 85.8 Å². The third kappa shape index (κ3) is 11.0. The molecule has 0 spiro atoms. The molecular formula is C52H53ClO7. The maximum absolute atomic E-state index is 7.36. The third-order valence-corrected chi connectivity index (χ3v) is 11.5. The molecule has 0 bridgehead atoms. The average Bonchev–Trinajstić information content (AvgIpc) is 3.85. The van der Waals surface area contributed by atoms with Crippen LogP contribution in [0, 0.1) is 0 Å². The standard InChI is InChI=1S/C52H53ClO7/c1-2-37-23-25-38(26-24-37)29-43-30-44(45(31-46(43)53)52-55-27-28-56-52)48-50(58-34-41-19-11-5-12-20-41)51(59-35-42-21-13-6-14-22-42)49(57-33-40-17-9-4-10-18-40)47(60-48)36-54-32-39-15-7-3-8-16-39/h3-26,30-31,47-52H,2,27-29,32-36H2,1H3. The first-order chi connectivity index (χ1) is 29.6. The van der Waals surface area contributed by atoms with Crippen LogP contribution in [0.5, 0.6) is 0 Å². The number of ether oxygens (including phenoxy) is 7. The number of halogens is 1. The van der Waals surface area contributed by atoms with E-state index in [1.807, 2.05) is 78.9 Å². The summed E-state index contributed by atoms with van der Waals surface area (Å²) in [5.41, 5.74) is 9.26. The Kier molecular flexibility index (Phi) is 14.9. The molecule has 8 rings (SSSR count). The monoisotopic (exact) mass is 824 g/mol. The second kappa shape index (κ2) is 21.2. The predicted molar refractivity (Wildman–Crippen MR) is 233 cm³/mol. The normalized spacial score (nSPS) is 20.7. The molecule has 2 heterocycles. The predicted octanol–water partition coefficient (Wildman–Crippen LogP) is 11.0. The zero-order valence-corrected chi connectivity index (χ0v) is 34.8. The molecule has 2 aliphatic rings. The molecule has 60 heavy (non-hydrogen) atoms. The van der Waals surface area contributed by atoms with Gasteiger partial charge < -0.3 is 33.2 Å². The van der Waals surface area contributed by atoms with Gasteiger partial charge in [0.2, 0.25) is 0 Å². The summed E-state index contributed by atoms with van der Waals surface area (Å²) >= 11 is 7.18. The highest BCUT2D eigenvalue weighted by Gasteiger charge is 2.50. The number of aryl methyl sites for hydroxylation is 1. The first kappa shape index (κ1) is 42.0. The summed E-state index contributed by atoms with van der Waals surface area (Å²) in [6.07, 6.45) is -2.05. The SMILES string of the molecule is CCc1ccc(Cc2cc(C3OC(COCc4ccccc4)C(OCc4ccccc4)C(OCc4ccccc4)C3OCc3ccccc3)c(C3OCCO3)cc2Cl)cc1. The summed E-state index contributed by atoms with van der Waals surface area (Å²) in [6, 6.07) is 53.6. The average molecular weight is 825 g/mol. The van der Waals surface area contributed by atoms with Crippen LogP contribution in [0.2, 0.25) is 5.02 Å². The lowest BCUT2D eigenvalue weighted by atomic mass is 9.86. The second-order valence-electron chi connectivity index (χ2n) is 15.4. The van der Waals surface area contributed by atoms with E-state index in [4.69, 9.17) is 44.8 Å². The first-order valence-electron chi connectivity index (χ1n) is 21.0. The topological polar surface area (TPSA) is 64.6 Å². The zero-order chi connectivity index (χ0) is 40.9. The third-order valence-electron chi connectivity index (χ3n) is 11.1. The molecule has 2 aliphatic heterocycles. The van der Waals surface area contributed by atoms with Gasteiger partial charge in [0.15, 0.2) is 6.29 Å². The van der Waals surface area contributed by atoms with E-state index in [0.29, 0.717) is 51.1 Å². The Morgan fingerprint density at radius 1 is 0.517 bits per heavy atom. The van der Waals surface area contributed by atoms with Gasteiger partial charge in [0, 0.05) is 10.6 Å². The van der Waals surface area contributed by atoms with Crippen molar-refractivity contribution in [1.29, 1.82) is 0 Å². The number of hydrogen-bond donors (Lipinski definition) is 0.